The Labute approximate surface area is 134 Å². The summed E-state index contributed by atoms with van der Waals surface area (Å²) in [5.74, 6) is 1.85. The molecule has 1 aliphatic carbocycles. The predicted octanol–water partition coefficient (Wildman–Crippen LogP) is 3.05. The van der Waals surface area contributed by atoms with Gasteiger partial charge in [-0.2, -0.15) is 0 Å². The van der Waals surface area contributed by atoms with E-state index in [0.29, 0.717) is 18.3 Å². The van der Waals surface area contributed by atoms with Crippen molar-refractivity contribution in [1.82, 2.24) is 4.90 Å². The number of thioether (sulfide) groups is 1. The van der Waals surface area contributed by atoms with Crippen molar-refractivity contribution < 1.29 is 9.90 Å². The highest BCUT2D eigenvalue weighted by atomic mass is 35.5. The minimum absolute atomic E-state index is 0.198. The van der Waals surface area contributed by atoms with Gasteiger partial charge in [-0.1, -0.05) is 11.6 Å². The van der Waals surface area contributed by atoms with Crippen LogP contribution in [-0.2, 0) is 4.79 Å². The highest BCUT2D eigenvalue weighted by Gasteiger charge is 2.42. The van der Waals surface area contributed by atoms with Crippen LogP contribution in [0.2, 0.25) is 5.02 Å². The Morgan fingerprint density at radius 1 is 1.29 bits per heavy atom. The molecule has 3 nitrogen and oxygen atoms in total. The van der Waals surface area contributed by atoms with Crippen molar-refractivity contribution in [3.63, 3.8) is 0 Å². The van der Waals surface area contributed by atoms with Crippen molar-refractivity contribution in [3.05, 3.63) is 29.3 Å². The first kappa shape index (κ1) is 15.2. The number of aliphatic hydroxyl groups is 1. The first-order valence-corrected chi connectivity index (χ1v) is 8.84. The standard InChI is InChI=1S/C16H20ClNO2S/c17-12-2-4-13(5-3-12)21-8-7-16(20)18-9-11-1-6-15(19)14(11)10-18/h2-5,11,14-15,19H,1,6-10H2. The fourth-order valence-electron chi connectivity index (χ4n) is 3.39. The minimum atomic E-state index is -0.198. The molecule has 2 fully saturated rings. The molecule has 3 rings (SSSR count). The van der Waals surface area contributed by atoms with Crippen molar-refractivity contribution in [2.75, 3.05) is 18.8 Å². The van der Waals surface area contributed by atoms with Gasteiger partial charge in [0.1, 0.15) is 0 Å². The summed E-state index contributed by atoms with van der Waals surface area (Å²) in [6.45, 7) is 1.59. The van der Waals surface area contributed by atoms with Gasteiger partial charge in [-0.3, -0.25) is 4.79 Å². The maximum Gasteiger partial charge on any atom is 0.223 e. The van der Waals surface area contributed by atoms with Crippen LogP contribution in [-0.4, -0.2) is 40.9 Å². The number of rotatable bonds is 4. The molecular formula is C16H20ClNO2S. The van der Waals surface area contributed by atoms with Crippen LogP contribution >= 0.6 is 23.4 Å². The van der Waals surface area contributed by atoms with E-state index in [1.807, 2.05) is 29.2 Å². The molecule has 1 heterocycles. The smallest absolute Gasteiger partial charge is 0.223 e. The number of likely N-dealkylation sites (tertiary alicyclic amines) is 1. The minimum Gasteiger partial charge on any atom is -0.393 e. The Morgan fingerprint density at radius 3 is 2.76 bits per heavy atom. The van der Waals surface area contributed by atoms with E-state index in [1.165, 1.54) is 0 Å². The zero-order valence-electron chi connectivity index (χ0n) is 11.9. The van der Waals surface area contributed by atoms with Crippen molar-refractivity contribution in [2.45, 2.75) is 30.3 Å². The molecular weight excluding hydrogens is 306 g/mol. The Morgan fingerprint density at radius 2 is 2.05 bits per heavy atom. The molecule has 1 aromatic carbocycles. The quantitative estimate of drug-likeness (QED) is 0.865. The molecule has 0 spiro atoms. The van der Waals surface area contributed by atoms with Crippen molar-refractivity contribution in [1.29, 1.82) is 0 Å². The molecule has 3 atom stereocenters. The zero-order chi connectivity index (χ0) is 14.8. The average molecular weight is 326 g/mol. The Balaban J connectivity index is 1.44. The molecule has 0 aromatic heterocycles. The number of amides is 1. The summed E-state index contributed by atoms with van der Waals surface area (Å²) >= 11 is 7.53. The van der Waals surface area contributed by atoms with Gasteiger partial charge < -0.3 is 10.0 Å². The highest BCUT2D eigenvalue weighted by molar-refractivity contribution is 7.99. The third kappa shape index (κ3) is 3.55. The van der Waals surface area contributed by atoms with E-state index in [9.17, 15) is 9.90 Å². The van der Waals surface area contributed by atoms with Gasteiger partial charge in [-0.25, -0.2) is 0 Å². The Bertz CT molecular complexity index is 508. The Hall–Kier alpha value is -0.710. The van der Waals surface area contributed by atoms with Crippen molar-refractivity contribution >= 4 is 29.3 Å². The lowest BCUT2D eigenvalue weighted by Crippen LogP contribution is -2.31. The first-order valence-electron chi connectivity index (χ1n) is 7.47. The van der Waals surface area contributed by atoms with E-state index < -0.39 is 0 Å². The first-order chi connectivity index (χ1) is 10.1. The van der Waals surface area contributed by atoms with Crippen molar-refractivity contribution in [3.8, 4) is 0 Å². The maximum atomic E-state index is 12.2. The van der Waals surface area contributed by atoms with E-state index in [1.54, 1.807) is 11.8 Å². The molecule has 114 valence electrons. The average Bonchev–Trinajstić information content (AvgIpc) is 3.04. The Kier molecular flexibility index (Phi) is 4.77. The molecule has 1 aromatic rings. The van der Waals surface area contributed by atoms with Crippen LogP contribution in [0.1, 0.15) is 19.3 Å². The number of fused-ring (bicyclic) bond motifs is 1. The van der Waals surface area contributed by atoms with E-state index in [0.717, 1.165) is 41.6 Å². The lowest BCUT2D eigenvalue weighted by atomic mass is 10.00. The summed E-state index contributed by atoms with van der Waals surface area (Å²) in [6.07, 6.45) is 2.33. The lowest BCUT2D eigenvalue weighted by molar-refractivity contribution is -0.130. The third-order valence-corrected chi connectivity index (χ3v) is 5.84. The van der Waals surface area contributed by atoms with Crippen LogP contribution in [0.25, 0.3) is 0 Å². The van der Waals surface area contributed by atoms with Crippen LogP contribution < -0.4 is 0 Å². The second-order valence-corrected chi connectivity index (χ2v) is 7.52. The van der Waals surface area contributed by atoms with Crippen LogP contribution in [0.5, 0.6) is 0 Å². The highest BCUT2D eigenvalue weighted by Crippen LogP contribution is 2.38. The second kappa shape index (κ2) is 6.59. The summed E-state index contributed by atoms with van der Waals surface area (Å²) in [7, 11) is 0. The number of aliphatic hydroxyl groups excluding tert-OH is 1. The molecule has 1 aliphatic heterocycles. The van der Waals surface area contributed by atoms with Gasteiger partial charge >= 0.3 is 0 Å². The van der Waals surface area contributed by atoms with Gasteiger partial charge in [0, 0.05) is 41.1 Å². The molecule has 1 saturated heterocycles. The van der Waals surface area contributed by atoms with E-state index in [4.69, 9.17) is 11.6 Å². The van der Waals surface area contributed by atoms with E-state index >= 15 is 0 Å². The van der Waals surface area contributed by atoms with Gasteiger partial charge in [-0.15, -0.1) is 11.8 Å². The second-order valence-electron chi connectivity index (χ2n) is 5.92. The molecule has 1 saturated carbocycles. The van der Waals surface area contributed by atoms with Gasteiger partial charge in [0.15, 0.2) is 0 Å². The summed E-state index contributed by atoms with van der Waals surface area (Å²) in [5, 5.41) is 10.6. The maximum absolute atomic E-state index is 12.2. The number of nitrogens with zero attached hydrogens (tertiary/aromatic N) is 1. The number of hydrogen-bond acceptors (Lipinski definition) is 3. The number of halogens is 1. The SMILES string of the molecule is O=C(CCSc1ccc(Cl)cc1)N1CC2CCC(O)C2C1. The molecule has 1 N–H and O–H groups in total. The number of benzene rings is 1. The summed E-state index contributed by atoms with van der Waals surface area (Å²) < 4.78 is 0. The van der Waals surface area contributed by atoms with Gasteiger partial charge in [0.05, 0.1) is 6.10 Å². The van der Waals surface area contributed by atoms with Crippen LogP contribution in [0.15, 0.2) is 29.2 Å². The van der Waals surface area contributed by atoms with E-state index in [2.05, 4.69) is 0 Å². The van der Waals surface area contributed by atoms with Gasteiger partial charge in [0.25, 0.3) is 0 Å². The zero-order valence-corrected chi connectivity index (χ0v) is 13.4. The topological polar surface area (TPSA) is 40.5 Å². The lowest BCUT2D eigenvalue weighted by Gasteiger charge is -2.18. The van der Waals surface area contributed by atoms with Gasteiger partial charge in [0.2, 0.25) is 5.91 Å². The summed E-state index contributed by atoms with van der Waals surface area (Å²) in [4.78, 5) is 15.3. The molecule has 0 radical (unpaired) electrons. The monoisotopic (exact) mass is 325 g/mol. The summed E-state index contributed by atoms with van der Waals surface area (Å²) in [6, 6.07) is 7.70. The van der Waals surface area contributed by atoms with Gasteiger partial charge in [-0.05, 0) is 43.0 Å². The normalized spacial score (nSPS) is 27.9. The molecule has 5 heteroatoms. The fourth-order valence-corrected chi connectivity index (χ4v) is 4.35. The molecule has 3 unspecified atom stereocenters. The number of carbonyl (C=O) groups excluding carboxylic acids is 1. The molecule has 2 aliphatic rings. The summed E-state index contributed by atoms with van der Waals surface area (Å²) in [5.41, 5.74) is 0. The van der Waals surface area contributed by atoms with Crippen LogP contribution in [0.4, 0.5) is 0 Å². The van der Waals surface area contributed by atoms with Crippen molar-refractivity contribution in [2.24, 2.45) is 11.8 Å². The molecule has 21 heavy (non-hydrogen) atoms. The predicted molar refractivity (Wildman–Crippen MR) is 85.6 cm³/mol. The number of carbonyl (C=O) groups is 1. The molecule has 1 amide bonds. The number of hydrogen-bond donors (Lipinski definition) is 1. The van der Waals surface area contributed by atoms with Crippen LogP contribution in [0, 0.1) is 11.8 Å². The van der Waals surface area contributed by atoms with Crippen LogP contribution in [0.3, 0.4) is 0 Å². The largest absolute Gasteiger partial charge is 0.393 e. The van der Waals surface area contributed by atoms with E-state index in [-0.39, 0.29) is 12.0 Å². The third-order valence-electron chi connectivity index (χ3n) is 4.57. The molecule has 0 bridgehead atoms. The fraction of sp³-hybridized carbons (Fsp3) is 0.562.